The van der Waals surface area contributed by atoms with Crippen LogP contribution in [0.1, 0.15) is 37.0 Å². The van der Waals surface area contributed by atoms with E-state index >= 15 is 0 Å². The Balaban J connectivity index is 1.70. The molecule has 2 aliphatic rings. The summed E-state index contributed by atoms with van der Waals surface area (Å²) in [5.41, 5.74) is 1.88. The molecule has 4 nitrogen and oxygen atoms in total. The smallest absolute Gasteiger partial charge is 0.416 e. The number of hydrogen-bond donors (Lipinski definition) is 0. The van der Waals surface area contributed by atoms with Gasteiger partial charge in [-0.05, 0) is 54.8 Å². The molecule has 1 unspecified atom stereocenters. The highest BCUT2D eigenvalue weighted by Gasteiger charge is 2.36. The van der Waals surface area contributed by atoms with Crippen molar-refractivity contribution >= 4 is 17.2 Å². The first-order chi connectivity index (χ1) is 14.6. The summed E-state index contributed by atoms with van der Waals surface area (Å²) in [7, 11) is 1.38. The van der Waals surface area contributed by atoms with Gasteiger partial charge in [-0.15, -0.1) is 0 Å². The van der Waals surface area contributed by atoms with Crippen LogP contribution in [0.4, 0.5) is 18.9 Å². The van der Waals surface area contributed by atoms with Crippen LogP contribution in [-0.4, -0.2) is 31.8 Å². The number of nitrogens with zero attached hydrogens (tertiary/aromatic N) is 1. The van der Waals surface area contributed by atoms with Crippen LogP contribution in [0.3, 0.4) is 0 Å². The summed E-state index contributed by atoms with van der Waals surface area (Å²) in [6.45, 7) is 4.97. The summed E-state index contributed by atoms with van der Waals surface area (Å²) >= 11 is 0. The molecule has 4 rings (SSSR count). The average Bonchev–Trinajstić information content (AvgIpc) is 2.71. The number of hydrogen-bond acceptors (Lipinski definition) is 4. The number of anilines is 1. The third-order valence-electron chi connectivity index (χ3n) is 6.03. The summed E-state index contributed by atoms with van der Waals surface area (Å²) < 4.78 is 50.5. The van der Waals surface area contributed by atoms with Crippen molar-refractivity contribution in [2.24, 2.45) is 5.92 Å². The predicted molar refractivity (Wildman–Crippen MR) is 112 cm³/mol. The Kier molecular flexibility index (Phi) is 5.23. The molecule has 2 aliphatic heterocycles. The Morgan fingerprint density at radius 3 is 2.61 bits per heavy atom. The van der Waals surface area contributed by atoms with Crippen LogP contribution in [-0.2, 0) is 15.7 Å². The molecule has 0 bridgehead atoms. The zero-order valence-electron chi connectivity index (χ0n) is 17.6. The van der Waals surface area contributed by atoms with Gasteiger partial charge in [0.05, 0.1) is 18.6 Å². The molecule has 31 heavy (non-hydrogen) atoms. The monoisotopic (exact) mass is 431 g/mol. The van der Waals surface area contributed by atoms with Gasteiger partial charge in [-0.1, -0.05) is 25.1 Å². The minimum atomic E-state index is -4.43. The molecule has 2 aromatic carbocycles. The summed E-state index contributed by atoms with van der Waals surface area (Å²) in [6.07, 6.45) is -1.84. The number of esters is 1. The number of carbonyl (C=O) groups is 1. The second-order valence-electron chi connectivity index (χ2n) is 8.21. The van der Waals surface area contributed by atoms with E-state index in [9.17, 15) is 18.0 Å². The average molecular weight is 431 g/mol. The molecule has 0 spiro atoms. The van der Waals surface area contributed by atoms with E-state index in [4.69, 9.17) is 9.47 Å². The van der Waals surface area contributed by atoms with Crippen LogP contribution < -0.4 is 9.64 Å². The van der Waals surface area contributed by atoms with E-state index in [0.29, 0.717) is 25.1 Å². The van der Waals surface area contributed by atoms with Crippen molar-refractivity contribution in [3.05, 3.63) is 65.2 Å². The maximum absolute atomic E-state index is 13.2. The number of rotatable bonds is 4. The van der Waals surface area contributed by atoms with Gasteiger partial charge in [0.25, 0.3) is 0 Å². The molecule has 1 saturated heterocycles. The third kappa shape index (κ3) is 4.01. The van der Waals surface area contributed by atoms with Crippen molar-refractivity contribution in [3.8, 4) is 5.75 Å². The number of methoxy groups -OCH3 is 1. The first kappa shape index (κ1) is 21.3. The molecular weight excluding hydrogens is 407 g/mol. The van der Waals surface area contributed by atoms with Gasteiger partial charge in [-0.25, -0.2) is 0 Å². The van der Waals surface area contributed by atoms with Crippen LogP contribution in [0.5, 0.6) is 5.75 Å². The van der Waals surface area contributed by atoms with Gasteiger partial charge in [-0.3, -0.25) is 4.79 Å². The predicted octanol–water partition coefficient (Wildman–Crippen LogP) is 5.31. The maximum Gasteiger partial charge on any atom is 0.416 e. The number of halogens is 3. The summed E-state index contributed by atoms with van der Waals surface area (Å²) in [5, 5.41) is 0. The fourth-order valence-corrected chi connectivity index (χ4v) is 3.96. The van der Waals surface area contributed by atoms with Crippen LogP contribution in [0, 0.1) is 5.92 Å². The minimum Gasteiger partial charge on any atom is -0.483 e. The van der Waals surface area contributed by atoms with Crippen molar-refractivity contribution in [1.29, 1.82) is 0 Å². The number of benzene rings is 2. The Morgan fingerprint density at radius 2 is 1.97 bits per heavy atom. The quantitative estimate of drug-likeness (QED) is 0.616. The highest BCUT2D eigenvalue weighted by Crippen LogP contribution is 2.44. The molecular formula is C24H24F3NO3. The number of ether oxygens (including phenoxy) is 2. The van der Waals surface area contributed by atoms with Crippen molar-refractivity contribution in [1.82, 2.24) is 0 Å². The summed E-state index contributed by atoms with van der Waals surface area (Å²) in [4.78, 5) is 13.8. The molecule has 0 saturated carbocycles. The van der Waals surface area contributed by atoms with Crippen molar-refractivity contribution in [3.63, 3.8) is 0 Å². The normalized spacial score (nSPS) is 21.0. The van der Waals surface area contributed by atoms with Crippen LogP contribution in [0.2, 0.25) is 0 Å². The first-order valence-corrected chi connectivity index (χ1v) is 10.2. The van der Waals surface area contributed by atoms with Gasteiger partial charge in [0, 0.05) is 24.3 Å². The van der Waals surface area contributed by atoms with E-state index in [-0.39, 0.29) is 17.6 Å². The molecule has 1 fully saturated rings. The van der Waals surface area contributed by atoms with Crippen molar-refractivity contribution in [2.75, 3.05) is 25.1 Å². The second kappa shape index (κ2) is 7.62. The lowest BCUT2D eigenvalue weighted by Crippen LogP contribution is -2.50. The van der Waals surface area contributed by atoms with Crippen LogP contribution in [0.25, 0.3) is 5.57 Å². The lowest BCUT2D eigenvalue weighted by atomic mass is 9.87. The number of carbonyl (C=O) groups excluding carboxylic acids is 1. The van der Waals surface area contributed by atoms with Crippen molar-refractivity contribution < 1.29 is 27.4 Å². The Hall–Kier alpha value is -2.96. The maximum atomic E-state index is 13.2. The standard InChI is InChI=1S/C24H24F3NO3/c1-4-23(2)12-20(19-9-8-17(24(25,26)27)11-21(19)31-23)15-6-5-7-18(10-15)28-13-16(14-28)22(29)30-3/h5-12,16H,4,13-14H2,1-3H3. The zero-order valence-corrected chi connectivity index (χ0v) is 17.6. The number of fused-ring (bicyclic) bond motifs is 1. The van der Waals surface area contributed by atoms with E-state index in [0.717, 1.165) is 29.0 Å². The van der Waals surface area contributed by atoms with E-state index in [1.807, 2.05) is 44.2 Å². The van der Waals surface area contributed by atoms with Gasteiger partial charge in [-0.2, -0.15) is 13.2 Å². The Morgan fingerprint density at radius 1 is 1.23 bits per heavy atom. The molecule has 0 aromatic heterocycles. The van der Waals surface area contributed by atoms with Crippen LogP contribution in [0.15, 0.2) is 48.5 Å². The molecule has 164 valence electrons. The third-order valence-corrected chi connectivity index (χ3v) is 6.03. The molecule has 7 heteroatoms. The lowest BCUT2D eigenvalue weighted by Gasteiger charge is -2.39. The summed E-state index contributed by atoms with van der Waals surface area (Å²) in [5.74, 6) is -0.120. The van der Waals surface area contributed by atoms with Gasteiger partial charge >= 0.3 is 12.1 Å². The topological polar surface area (TPSA) is 38.8 Å². The molecule has 2 heterocycles. The Labute approximate surface area is 179 Å². The fourth-order valence-electron chi connectivity index (χ4n) is 3.96. The molecule has 1 atom stereocenters. The van der Waals surface area contributed by atoms with Gasteiger partial charge in [0.2, 0.25) is 0 Å². The first-order valence-electron chi connectivity index (χ1n) is 10.2. The van der Waals surface area contributed by atoms with E-state index in [1.165, 1.54) is 13.2 Å². The molecule has 0 radical (unpaired) electrons. The van der Waals surface area contributed by atoms with Crippen LogP contribution >= 0.6 is 0 Å². The molecule has 0 amide bonds. The molecule has 0 N–H and O–H groups in total. The fraction of sp³-hybridized carbons (Fsp3) is 0.375. The second-order valence-corrected chi connectivity index (χ2v) is 8.21. The van der Waals surface area contributed by atoms with Gasteiger partial charge in [0.1, 0.15) is 11.4 Å². The molecule has 2 aromatic rings. The largest absolute Gasteiger partial charge is 0.483 e. The SMILES string of the molecule is CCC1(C)C=C(c2cccc(N3CC(C(=O)OC)C3)c2)c2ccc(C(F)(F)F)cc2O1. The zero-order chi connectivity index (χ0) is 22.4. The van der Waals surface area contributed by atoms with E-state index < -0.39 is 17.3 Å². The van der Waals surface area contributed by atoms with Gasteiger partial charge < -0.3 is 14.4 Å². The summed E-state index contributed by atoms with van der Waals surface area (Å²) in [6, 6.07) is 11.5. The van der Waals surface area contributed by atoms with Gasteiger partial charge in [0.15, 0.2) is 0 Å². The van der Waals surface area contributed by atoms with E-state index in [1.54, 1.807) is 0 Å². The Bertz CT molecular complexity index is 1040. The highest BCUT2D eigenvalue weighted by molar-refractivity contribution is 5.86. The highest BCUT2D eigenvalue weighted by atomic mass is 19.4. The number of alkyl halides is 3. The molecule has 0 aliphatic carbocycles. The van der Waals surface area contributed by atoms with Crippen molar-refractivity contribution in [2.45, 2.75) is 32.0 Å². The minimum absolute atomic E-state index is 0.138. The van der Waals surface area contributed by atoms with E-state index in [2.05, 4.69) is 4.90 Å². The lowest BCUT2D eigenvalue weighted by molar-refractivity contribution is -0.146.